The van der Waals surface area contributed by atoms with Gasteiger partial charge in [0, 0.05) is 18.8 Å². The molecule has 1 unspecified atom stereocenters. The van der Waals surface area contributed by atoms with Crippen LogP contribution in [0.25, 0.3) is 0 Å². The van der Waals surface area contributed by atoms with Gasteiger partial charge >= 0.3 is 0 Å². The minimum Gasteiger partial charge on any atom is -0.329 e. The van der Waals surface area contributed by atoms with Gasteiger partial charge in [-0.05, 0) is 18.9 Å². The third kappa shape index (κ3) is 4.38. The van der Waals surface area contributed by atoms with E-state index in [1.54, 1.807) is 0 Å². The lowest BCUT2D eigenvalue weighted by atomic mass is 10.1. The van der Waals surface area contributed by atoms with E-state index in [9.17, 15) is 8.42 Å². The molecule has 0 saturated heterocycles. The van der Waals surface area contributed by atoms with Crippen LogP contribution in [0, 0.1) is 0 Å². The van der Waals surface area contributed by atoms with E-state index in [1.807, 2.05) is 37.3 Å². The SMILES string of the molecule is CC(Cc1ccccc1)NS(=O)(=O)c1cnn(CCN)c1. The van der Waals surface area contributed by atoms with Crippen molar-refractivity contribution in [3.05, 3.63) is 48.3 Å². The molecule has 0 bridgehead atoms. The van der Waals surface area contributed by atoms with E-state index < -0.39 is 10.0 Å². The minimum absolute atomic E-state index is 0.163. The highest BCUT2D eigenvalue weighted by Gasteiger charge is 2.19. The van der Waals surface area contributed by atoms with Crippen LogP contribution in [0.2, 0.25) is 0 Å². The number of nitrogens with one attached hydrogen (secondary N) is 1. The van der Waals surface area contributed by atoms with E-state index in [1.165, 1.54) is 17.1 Å². The lowest BCUT2D eigenvalue weighted by molar-refractivity contribution is 0.559. The molecular weight excluding hydrogens is 288 g/mol. The Morgan fingerprint density at radius 1 is 1.33 bits per heavy atom. The van der Waals surface area contributed by atoms with Crippen LogP contribution in [0.3, 0.4) is 0 Å². The number of nitrogens with zero attached hydrogens (tertiary/aromatic N) is 2. The van der Waals surface area contributed by atoms with Crippen molar-refractivity contribution in [2.24, 2.45) is 5.73 Å². The second-order valence-electron chi connectivity index (χ2n) is 4.94. The van der Waals surface area contributed by atoms with Crippen molar-refractivity contribution in [3.63, 3.8) is 0 Å². The van der Waals surface area contributed by atoms with Gasteiger partial charge in [0.15, 0.2) is 0 Å². The summed E-state index contributed by atoms with van der Waals surface area (Å²) in [6.45, 7) is 2.75. The van der Waals surface area contributed by atoms with Gasteiger partial charge in [0.05, 0.1) is 12.7 Å². The summed E-state index contributed by atoms with van der Waals surface area (Å²) in [6, 6.07) is 9.56. The molecule has 2 rings (SSSR count). The van der Waals surface area contributed by atoms with Gasteiger partial charge in [-0.15, -0.1) is 0 Å². The Morgan fingerprint density at radius 2 is 2.05 bits per heavy atom. The van der Waals surface area contributed by atoms with E-state index in [-0.39, 0.29) is 10.9 Å². The van der Waals surface area contributed by atoms with E-state index >= 15 is 0 Å². The summed E-state index contributed by atoms with van der Waals surface area (Å²) in [5, 5.41) is 3.98. The molecule has 3 N–H and O–H groups in total. The molecule has 21 heavy (non-hydrogen) atoms. The summed E-state index contributed by atoms with van der Waals surface area (Å²) in [4.78, 5) is 0.163. The standard InChI is InChI=1S/C14H20N4O2S/c1-12(9-13-5-3-2-4-6-13)17-21(19,20)14-10-16-18(11-14)8-7-15/h2-6,10-12,17H,7-9,15H2,1H3. The molecule has 0 radical (unpaired) electrons. The molecule has 1 atom stereocenters. The Labute approximate surface area is 125 Å². The molecule has 0 spiro atoms. The quantitative estimate of drug-likeness (QED) is 0.790. The average Bonchev–Trinajstić information content (AvgIpc) is 2.89. The summed E-state index contributed by atoms with van der Waals surface area (Å²) < 4.78 is 28.7. The molecule has 114 valence electrons. The fourth-order valence-corrected chi connectivity index (χ4v) is 3.28. The zero-order valence-corrected chi connectivity index (χ0v) is 12.8. The topological polar surface area (TPSA) is 90.0 Å². The van der Waals surface area contributed by atoms with Crippen LogP contribution in [-0.2, 0) is 23.0 Å². The third-order valence-electron chi connectivity index (χ3n) is 3.02. The van der Waals surface area contributed by atoms with Crippen molar-refractivity contribution in [3.8, 4) is 0 Å². The summed E-state index contributed by atoms with van der Waals surface area (Å²) in [7, 11) is -3.55. The van der Waals surface area contributed by atoms with Gasteiger partial charge in [-0.2, -0.15) is 5.10 Å². The van der Waals surface area contributed by atoms with Crippen molar-refractivity contribution >= 4 is 10.0 Å². The molecule has 0 aliphatic heterocycles. The van der Waals surface area contributed by atoms with Crippen LogP contribution >= 0.6 is 0 Å². The number of aromatic nitrogens is 2. The van der Waals surface area contributed by atoms with Gasteiger partial charge in [-0.25, -0.2) is 13.1 Å². The number of sulfonamides is 1. The van der Waals surface area contributed by atoms with Crippen LogP contribution in [-0.4, -0.2) is 30.8 Å². The maximum atomic E-state index is 12.3. The number of hydrogen-bond donors (Lipinski definition) is 2. The zero-order chi connectivity index (χ0) is 15.3. The molecule has 6 nitrogen and oxygen atoms in total. The van der Waals surface area contributed by atoms with Gasteiger partial charge in [-0.3, -0.25) is 4.68 Å². The highest BCUT2D eigenvalue weighted by molar-refractivity contribution is 7.89. The van der Waals surface area contributed by atoms with Gasteiger partial charge < -0.3 is 5.73 Å². The summed E-state index contributed by atoms with van der Waals surface area (Å²) >= 11 is 0. The number of nitrogens with two attached hydrogens (primary N) is 1. The number of rotatable bonds is 7. The third-order valence-corrected chi connectivity index (χ3v) is 4.56. The molecule has 1 heterocycles. The Morgan fingerprint density at radius 3 is 2.71 bits per heavy atom. The van der Waals surface area contributed by atoms with E-state index in [2.05, 4.69) is 9.82 Å². The molecule has 0 aliphatic rings. The van der Waals surface area contributed by atoms with Crippen LogP contribution in [0.15, 0.2) is 47.6 Å². The van der Waals surface area contributed by atoms with Gasteiger partial charge in [0.25, 0.3) is 0 Å². The summed E-state index contributed by atoms with van der Waals surface area (Å²) in [5.41, 5.74) is 6.51. The second-order valence-corrected chi connectivity index (χ2v) is 6.65. The predicted molar refractivity (Wildman–Crippen MR) is 81.2 cm³/mol. The molecule has 2 aromatic rings. The average molecular weight is 308 g/mol. The Balaban J connectivity index is 2.02. The first kappa shape index (κ1) is 15.7. The summed E-state index contributed by atoms with van der Waals surface area (Å²) in [6.07, 6.45) is 3.47. The Hall–Kier alpha value is -1.70. The molecule has 0 amide bonds. The molecule has 0 aliphatic carbocycles. The lowest BCUT2D eigenvalue weighted by Gasteiger charge is -2.13. The van der Waals surface area contributed by atoms with Crippen LogP contribution in [0.4, 0.5) is 0 Å². The zero-order valence-electron chi connectivity index (χ0n) is 11.9. The van der Waals surface area contributed by atoms with Crippen molar-refractivity contribution in [2.75, 3.05) is 6.54 Å². The van der Waals surface area contributed by atoms with Crippen molar-refractivity contribution < 1.29 is 8.42 Å². The van der Waals surface area contributed by atoms with Gasteiger partial charge in [-0.1, -0.05) is 30.3 Å². The molecule has 1 aromatic carbocycles. The fraction of sp³-hybridized carbons (Fsp3) is 0.357. The Bertz CT molecular complexity index is 667. The van der Waals surface area contributed by atoms with Gasteiger partial charge in [0.2, 0.25) is 10.0 Å². The van der Waals surface area contributed by atoms with Crippen LogP contribution < -0.4 is 10.5 Å². The number of hydrogen-bond acceptors (Lipinski definition) is 4. The van der Waals surface area contributed by atoms with E-state index in [0.29, 0.717) is 19.5 Å². The van der Waals surface area contributed by atoms with E-state index in [0.717, 1.165) is 5.56 Å². The highest BCUT2D eigenvalue weighted by atomic mass is 32.2. The second kappa shape index (κ2) is 6.84. The normalized spacial score (nSPS) is 13.2. The first-order valence-electron chi connectivity index (χ1n) is 6.80. The van der Waals surface area contributed by atoms with Gasteiger partial charge in [0.1, 0.15) is 4.90 Å². The largest absolute Gasteiger partial charge is 0.329 e. The molecular formula is C14H20N4O2S. The first-order valence-corrected chi connectivity index (χ1v) is 8.28. The summed E-state index contributed by atoms with van der Waals surface area (Å²) in [5.74, 6) is 0. The van der Waals surface area contributed by atoms with Crippen molar-refractivity contribution in [2.45, 2.75) is 30.8 Å². The van der Waals surface area contributed by atoms with E-state index in [4.69, 9.17) is 5.73 Å². The van der Waals surface area contributed by atoms with Crippen LogP contribution in [0.1, 0.15) is 12.5 Å². The van der Waals surface area contributed by atoms with Crippen molar-refractivity contribution in [1.82, 2.24) is 14.5 Å². The maximum Gasteiger partial charge on any atom is 0.243 e. The highest BCUT2D eigenvalue weighted by Crippen LogP contribution is 2.10. The lowest BCUT2D eigenvalue weighted by Crippen LogP contribution is -2.33. The molecule has 7 heteroatoms. The Kier molecular flexibility index (Phi) is 5.11. The smallest absolute Gasteiger partial charge is 0.243 e. The maximum absolute atomic E-state index is 12.3. The fourth-order valence-electron chi connectivity index (χ4n) is 2.08. The predicted octanol–water partition coefficient (Wildman–Crippen LogP) is 0.751. The molecule has 0 fully saturated rings. The number of benzene rings is 1. The molecule has 1 aromatic heterocycles. The van der Waals surface area contributed by atoms with Crippen molar-refractivity contribution in [1.29, 1.82) is 0 Å². The van der Waals surface area contributed by atoms with Crippen LogP contribution in [0.5, 0.6) is 0 Å². The minimum atomic E-state index is -3.55. The monoisotopic (exact) mass is 308 g/mol. The first-order chi connectivity index (χ1) is 10.0. The molecule has 0 saturated carbocycles.